The summed E-state index contributed by atoms with van der Waals surface area (Å²) in [6, 6.07) is 9.54. The van der Waals surface area contributed by atoms with Crippen molar-refractivity contribution in [3.8, 4) is 0 Å². The highest BCUT2D eigenvalue weighted by Crippen LogP contribution is 2.11. The van der Waals surface area contributed by atoms with E-state index in [4.69, 9.17) is 23.5 Å². The van der Waals surface area contributed by atoms with Gasteiger partial charge in [-0.25, -0.2) is 0 Å². The summed E-state index contributed by atoms with van der Waals surface area (Å²) in [7, 11) is 0. The lowest BCUT2D eigenvalue weighted by Gasteiger charge is -1.92. The van der Waals surface area contributed by atoms with Crippen LogP contribution >= 0.6 is 23.5 Å². The lowest BCUT2D eigenvalue weighted by molar-refractivity contribution is 0.521. The summed E-state index contributed by atoms with van der Waals surface area (Å²) in [5.74, 6) is 0. The van der Waals surface area contributed by atoms with Crippen molar-refractivity contribution in [1.82, 2.24) is 0 Å². The first-order valence-electron chi connectivity index (χ1n) is 3.04. The molecule has 0 spiro atoms. The predicted molar refractivity (Wildman–Crippen MR) is 47.2 cm³/mol. The van der Waals surface area contributed by atoms with E-state index in [1.54, 1.807) is 6.08 Å². The third kappa shape index (κ3) is 2.83. The smallest absolute Gasteiger partial charge is 0.213 e. The monoisotopic (exact) mass is 188 g/mol. The van der Waals surface area contributed by atoms with Gasteiger partial charge in [-0.2, -0.15) is 0 Å². The van der Waals surface area contributed by atoms with E-state index in [9.17, 15) is 0 Å². The summed E-state index contributed by atoms with van der Waals surface area (Å²) in [6.45, 7) is 0. The van der Waals surface area contributed by atoms with E-state index in [0.717, 1.165) is 5.56 Å². The van der Waals surface area contributed by atoms with Gasteiger partial charge >= 0.3 is 0 Å². The predicted octanol–water partition coefficient (Wildman–Crippen LogP) is 3.39. The maximum atomic E-state index is 5.51. The van der Waals surface area contributed by atoms with Crippen molar-refractivity contribution in [2.45, 2.75) is 0 Å². The zero-order chi connectivity index (χ0) is 8.10. The molecule has 0 amide bonds. The van der Waals surface area contributed by atoms with Crippen molar-refractivity contribution >= 4 is 29.5 Å². The standard InChI is InChI=1S/C8H6Cl2O/c9-8(11-10)6-7-4-2-1-3-5-7/h1-6H. The van der Waals surface area contributed by atoms with Crippen molar-refractivity contribution in [1.29, 1.82) is 0 Å². The van der Waals surface area contributed by atoms with Gasteiger partial charge in [-0.15, -0.1) is 0 Å². The van der Waals surface area contributed by atoms with Crippen molar-refractivity contribution < 1.29 is 4.29 Å². The highest BCUT2D eigenvalue weighted by atomic mass is 35.5. The third-order valence-electron chi connectivity index (χ3n) is 1.15. The van der Waals surface area contributed by atoms with Gasteiger partial charge in [0.25, 0.3) is 0 Å². The minimum absolute atomic E-state index is 0.165. The number of halogens is 2. The average molecular weight is 189 g/mol. The Labute approximate surface area is 75.4 Å². The molecule has 0 heterocycles. The summed E-state index contributed by atoms with van der Waals surface area (Å²) in [5.41, 5.74) is 0.957. The van der Waals surface area contributed by atoms with Crippen molar-refractivity contribution in [2.24, 2.45) is 0 Å². The Bertz CT molecular complexity index is 244. The molecule has 0 aliphatic rings. The van der Waals surface area contributed by atoms with E-state index in [1.165, 1.54) is 0 Å². The molecule has 0 atom stereocenters. The molecule has 1 aromatic carbocycles. The molecule has 0 bridgehead atoms. The Morgan fingerprint density at radius 1 is 1.27 bits per heavy atom. The number of benzene rings is 1. The molecule has 0 aliphatic heterocycles. The molecule has 0 unspecified atom stereocenters. The van der Waals surface area contributed by atoms with Gasteiger partial charge in [-0.05, 0) is 17.2 Å². The fraction of sp³-hybridized carbons (Fsp3) is 0. The molecule has 0 radical (unpaired) electrons. The van der Waals surface area contributed by atoms with E-state index in [-0.39, 0.29) is 5.22 Å². The molecule has 58 valence electrons. The SMILES string of the molecule is ClOC(Cl)=Cc1ccccc1. The Hall–Kier alpha value is -0.660. The van der Waals surface area contributed by atoms with E-state index < -0.39 is 0 Å². The summed E-state index contributed by atoms with van der Waals surface area (Å²) >= 11 is 10.5. The van der Waals surface area contributed by atoms with Crippen LogP contribution in [0.1, 0.15) is 5.56 Å². The van der Waals surface area contributed by atoms with Crippen LogP contribution in [-0.4, -0.2) is 0 Å². The molecular formula is C8H6Cl2O. The molecule has 1 nitrogen and oxygen atoms in total. The van der Waals surface area contributed by atoms with Gasteiger partial charge in [0.05, 0.1) is 0 Å². The molecule has 0 N–H and O–H groups in total. The Kier molecular flexibility index (Phi) is 3.27. The average Bonchev–Trinajstić information content (AvgIpc) is 2.06. The third-order valence-corrected chi connectivity index (χ3v) is 1.58. The van der Waals surface area contributed by atoms with E-state index in [0.29, 0.717) is 0 Å². The number of hydrogen-bond donors (Lipinski definition) is 0. The van der Waals surface area contributed by atoms with Crippen molar-refractivity contribution in [3.05, 3.63) is 41.1 Å². The van der Waals surface area contributed by atoms with Gasteiger partial charge in [0.1, 0.15) is 11.9 Å². The molecule has 1 rings (SSSR count). The van der Waals surface area contributed by atoms with Gasteiger partial charge < -0.3 is 4.29 Å². The van der Waals surface area contributed by atoms with Crippen LogP contribution < -0.4 is 0 Å². The second-order valence-corrected chi connectivity index (χ2v) is 2.46. The van der Waals surface area contributed by atoms with Crippen LogP contribution in [0.3, 0.4) is 0 Å². The normalized spacial score (nSPS) is 11.3. The minimum Gasteiger partial charge on any atom is -0.373 e. The molecule has 0 aliphatic carbocycles. The van der Waals surface area contributed by atoms with E-state index >= 15 is 0 Å². The molecule has 0 saturated carbocycles. The van der Waals surface area contributed by atoms with Gasteiger partial charge in [0.15, 0.2) is 0 Å². The Balaban J connectivity index is 2.79. The van der Waals surface area contributed by atoms with Crippen LogP contribution in [0.5, 0.6) is 0 Å². The highest BCUT2D eigenvalue weighted by molar-refractivity contribution is 6.32. The van der Waals surface area contributed by atoms with Gasteiger partial charge in [-0.3, -0.25) is 0 Å². The lowest BCUT2D eigenvalue weighted by Crippen LogP contribution is -1.72. The summed E-state index contributed by atoms with van der Waals surface area (Å²) in [5, 5.41) is 0.165. The molecular weight excluding hydrogens is 183 g/mol. The van der Waals surface area contributed by atoms with Gasteiger partial charge in [-0.1, -0.05) is 30.3 Å². The highest BCUT2D eigenvalue weighted by Gasteiger charge is 1.90. The van der Waals surface area contributed by atoms with Crippen LogP contribution in [0.15, 0.2) is 35.6 Å². The zero-order valence-corrected chi connectivity index (χ0v) is 7.14. The molecule has 11 heavy (non-hydrogen) atoms. The fourth-order valence-corrected chi connectivity index (χ4v) is 0.873. The quantitative estimate of drug-likeness (QED) is 0.647. The van der Waals surface area contributed by atoms with Crippen LogP contribution in [0.25, 0.3) is 6.08 Å². The topological polar surface area (TPSA) is 9.23 Å². The summed E-state index contributed by atoms with van der Waals surface area (Å²) in [4.78, 5) is 0. The fourth-order valence-electron chi connectivity index (χ4n) is 0.703. The zero-order valence-electron chi connectivity index (χ0n) is 5.63. The first kappa shape index (κ1) is 8.44. The molecule has 3 heteroatoms. The lowest BCUT2D eigenvalue weighted by atomic mass is 10.2. The second-order valence-electron chi connectivity index (χ2n) is 1.94. The number of rotatable bonds is 2. The van der Waals surface area contributed by atoms with Gasteiger partial charge in [0, 0.05) is 6.08 Å². The van der Waals surface area contributed by atoms with Crippen LogP contribution in [0, 0.1) is 0 Å². The molecule has 0 aromatic heterocycles. The van der Waals surface area contributed by atoms with Crippen molar-refractivity contribution in [2.75, 3.05) is 0 Å². The van der Waals surface area contributed by atoms with E-state index in [2.05, 4.69) is 4.29 Å². The minimum atomic E-state index is 0.165. The van der Waals surface area contributed by atoms with Crippen LogP contribution in [0.2, 0.25) is 0 Å². The summed E-state index contributed by atoms with van der Waals surface area (Å²) in [6.07, 6.45) is 1.63. The Morgan fingerprint density at radius 2 is 1.91 bits per heavy atom. The molecule has 0 fully saturated rings. The maximum absolute atomic E-state index is 5.51. The van der Waals surface area contributed by atoms with Gasteiger partial charge in [0.2, 0.25) is 5.22 Å². The summed E-state index contributed by atoms with van der Waals surface area (Å²) < 4.78 is 4.25. The molecule has 1 aromatic rings. The Morgan fingerprint density at radius 3 is 2.45 bits per heavy atom. The van der Waals surface area contributed by atoms with Crippen molar-refractivity contribution in [3.63, 3.8) is 0 Å². The van der Waals surface area contributed by atoms with Crippen LogP contribution in [0.4, 0.5) is 0 Å². The first-order valence-corrected chi connectivity index (χ1v) is 3.72. The van der Waals surface area contributed by atoms with Crippen LogP contribution in [-0.2, 0) is 4.29 Å². The largest absolute Gasteiger partial charge is 0.373 e. The second kappa shape index (κ2) is 4.27. The van der Waals surface area contributed by atoms with E-state index in [1.807, 2.05) is 30.3 Å². The number of hydrogen-bond acceptors (Lipinski definition) is 1. The first-order chi connectivity index (χ1) is 5.33. The molecule has 0 saturated heterocycles. The maximum Gasteiger partial charge on any atom is 0.213 e.